The highest BCUT2D eigenvalue weighted by Gasteiger charge is 2.20. The predicted molar refractivity (Wildman–Crippen MR) is 74.0 cm³/mol. The van der Waals surface area contributed by atoms with Gasteiger partial charge < -0.3 is 10.2 Å². The quantitative estimate of drug-likeness (QED) is 0.527. The molecule has 0 aliphatic carbocycles. The van der Waals surface area contributed by atoms with E-state index in [9.17, 15) is 10.1 Å². The third-order valence-electron chi connectivity index (χ3n) is 3.59. The Morgan fingerprint density at radius 2 is 2.20 bits per heavy atom. The molecule has 20 heavy (non-hydrogen) atoms. The lowest BCUT2D eigenvalue weighted by Crippen LogP contribution is -2.30. The summed E-state index contributed by atoms with van der Waals surface area (Å²) in [5, 5.41) is 10.6. The molecule has 6 nitrogen and oxygen atoms in total. The summed E-state index contributed by atoms with van der Waals surface area (Å²) in [6.45, 7) is 2.23. The number of nitrogens with two attached hydrogens (primary N) is 1. The number of benzene rings is 1. The summed E-state index contributed by atoms with van der Waals surface area (Å²) in [6, 6.07) is 9.00. The van der Waals surface area contributed by atoms with Crippen molar-refractivity contribution in [2.24, 2.45) is 0 Å². The first-order valence-electron chi connectivity index (χ1n) is 6.45. The van der Waals surface area contributed by atoms with Crippen LogP contribution in [0.4, 0.5) is 11.6 Å². The van der Waals surface area contributed by atoms with Crippen LogP contribution in [-0.2, 0) is 19.5 Å². The van der Waals surface area contributed by atoms with Crippen LogP contribution in [0.25, 0.3) is 0 Å². The Morgan fingerprint density at radius 3 is 2.95 bits per heavy atom. The van der Waals surface area contributed by atoms with Gasteiger partial charge in [-0.3, -0.25) is 15.0 Å². The first-order chi connectivity index (χ1) is 9.63. The molecule has 0 spiro atoms. The minimum Gasteiger partial charge on any atom is -0.404 e. The monoisotopic (exact) mass is 273 g/mol. The first-order valence-corrected chi connectivity index (χ1v) is 6.45. The number of nitro groups is 1. The molecule has 0 unspecified atom stereocenters. The van der Waals surface area contributed by atoms with Gasteiger partial charge >= 0.3 is 5.88 Å². The standard InChI is InChI=1S/C14H15N3O3/c15-13-3-1-2-10-8-16(7-6-12(10)13)9-11-4-5-14(20-11)17(18)19/h1-5H,6-9,15H2. The first kappa shape index (κ1) is 12.7. The molecule has 2 N–H and O–H groups in total. The number of hydrogen-bond donors (Lipinski definition) is 1. The zero-order valence-corrected chi connectivity index (χ0v) is 10.9. The van der Waals surface area contributed by atoms with Gasteiger partial charge in [0.15, 0.2) is 0 Å². The van der Waals surface area contributed by atoms with Crippen molar-refractivity contribution in [2.45, 2.75) is 19.5 Å². The van der Waals surface area contributed by atoms with Gasteiger partial charge in [0.25, 0.3) is 0 Å². The summed E-state index contributed by atoms with van der Waals surface area (Å²) >= 11 is 0. The summed E-state index contributed by atoms with van der Waals surface area (Å²) in [4.78, 5) is 12.3. The number of hydrogen-bond acceptors (Lipinski definition) is 5. The maximum Gasteiger partial charge on any atom is 0.433 e. The maximum absolute atomic E-state index is 10.6. The van der Waals surface area contributed by atoms with Crippen LogP contribution in [-0.4, -0.2) is 16.4 Å². The third-order valence-corrected chi connectivity index (χ3v) is 3.59. The Kier molecular flexibility index (Phi) is 3.15. The number of furan rings is 1. The van der Waals surface area contributed by atoms with E-state index < -0.39 is 4.92 Å². The molecule has 0 fully saturated rings. The van der Waals surface area contributed by atoms with E-state index in [-0.39, 0.29) is 5.88 Å². The molecule has 0 bridgehead atoms. The smallest absolute Gasteiger partial charge is 0.404 e. The number of fused-ring (bicyclic) bond motifs is 1. The molecule has 1 aromatic heterocycles. The van der Waals surface area contributed by atoms with E-state index >= 15 is 0 Å². The molecule has 104 valence electrons. The molecule has 1 aliphatic rings. The van der Waals surface area contributed by atoms with Gasteiger partial charge in [0.2, 0.25) is 0 Å². The highest BCUT2D eigenvalue weighted by molar-refractivity contribution is 5.51. The molecule has 1 aliphatic heterocycles. The molecule has 0 saturated heterocycles. The SMILES string of the molecule is Nc1cccc2c1CCN(Cc1ccc([N+](=O)[O-])o1)C2. The largest absolute Gasteiger partial charge is 0.433 e. The minimum absolute atomic E-state index is 0.207. The van der Waals surface area contributed by atoms with E-state index in [0.717, 1.165) is 25.2 Å². The van der Waals surface area contributed by atoms with Gasteiger partial charge in [0.1, 0.15) is 10.7 Å². The maximum atomic E-state index is 10.6. The van der Waals surface area contributed by atoms with E-state index in [2.05, 4.69) is 11.0 Å². The van der Waals surface area contributed by atoms with Crippen molar-refractivity contribution in [3.05, 3.63) is 57.3 Å². The van der Waals surface area contributed by atoms with Crippen molar-refractivity contribution < 1.29 is 9.34 Å². The second-order valence-electron chi connectivity index (χ2n) is 4.94. The topological polar surface area (TPSA) is 85.5 Å². The van der Waals surface area contributed by atoms with Gasteiger partial charge in [-0.25, -0.2) is 0 Å². The summed E-state index contributed by atoms with van der Waals surface area (Å²) in [5.74, 6) is 0.408. The fourth-order valence-corrected chi connectivity index (χ4v) is 2.60. The molecule has 6 heteroatoms. The van der Waals surface area contributed by atoms with E-state index in [0.29, 0.717) is 12.3 Å². The van der Waals surface area contributed by atoms with Crippen LogP contribution in [0.1, 0.15) is 16.9 Å². The molecule has 2 heterocycles. The van der Waals surface area contributed by atoms with Crippen molar-refractivity contribution >= 4 is 11.6 Å². The molecule has 0 atom stereocenters. The predicted octanol–water partition coefficient (Wildman–Crippen LogP) is 2.33. The van der Waals surface area contributed by atoms with Gasteiger partial charge in [-0.2, -0.15) is 0 Å². The Labute approximate surface area is 115 Å². The summed E-state index contributed by atoms with van der Waals surface area (Å²) < 4.78 is 5.19. The van der Waals surface area contributed by atoms with Crippen LogP contribution < -0.4 is 5.73 Å². The average molecular weight is 273 g/mol. The molecule has 2 aromatic rings. The fraction of sp³-hybridized carbons (Fsp3) is 0.286. The molecular weight excluding hydrogens is 258 g/mol. The van der Waals surface area contributed by atoms with E-state index in [1.165, 1.54) is 17.2 Å². The highest BCUT2D eigenvalue weighted by Crippen LogP contribution is 2.26. The van der Waals surface area contributed by atoms with Gasteiger partial charge in [-0.05, 0) is 29.7 Å². The molecule has 3 rings (SSSR count). The van der Waals surface area contributed by atoms with Crippen molar-refractivity contribution in [1.82, 2.24) is 4.90 Å². The van der Waals surface area contributed by atoms with Crippen molar-refractivity contribution in [3.8, 4) is 0 Å². The summed E-state index contributed by atoms with van der Waals surface area (Å²) in [5.41, 5.74) is 9.24. The molecule has 0 amide bonds. The van der Waals surface area contributed by atoms with Gasteiger partial charge in [-0.15, -0.1) is 0 Å². The zero-order valence-electron chi connectivity index (χ0n) is 10.9. The third kappa shape index (κ3) is 2.37. The van der Waals surface area contributed by atoms with Crippen LogP contribution in [0.3, 0.4) is 0 Å². The molecular formula is C14H15N3O3. The second-order valence-corrected chi connectivity index (χ2v) is 4.94. The second kappa shape index (κ2) is 4.97. The van der Waals surface area contributed by atoms with E-state index in [1.54, 1.807) is 6.07 Å². The van der Waals surface area contributed by atoms with Crippen LogP contribution >= 0.6 is 0 Å². The van der Waals surface area contributed by atoms with Crippen LogP contribution in [0.5, 0.6) is 0 Å². The number of nitrogen functional groups attached to an aromatic ring is 1. The Hall–Kier alpha value is -2.34. The Bertz CT molecular complexity index is 651. The molecule has 0 radical (unpaired) electrons. The van der Waals surface area contributed by atoms with E-state index in [4.69, 9.17) is 10.2 Å². The normalized spacial score (nSPS) is 15.0. The van der Waals surface area contributed by atoms with Gasteiger partial charge in [0, 0.05) is 18.8 Å². The lowest BCUT2D eigenvalue weighted by Gasteiger charge is -2.28. The Morgan fingerprint density at radius 1 is 1.35 bits per heavy atom. The highest BCUT2D eigenvalue weighted by atomic mass is 16.6. The van der Waals surface area contributed by atoms with Crippen LogP contribution in [0.2, 0.25) is 0 Å². The summed E-state index contributed by atoms with van der Waals surface area (Å²) in [7, 11) is 0. The number of nitrogens with zero attached hydrogens (tertiary/aromatic N) is 2. The number of rotatable bonds is 3. The van der Waals surface area contributed by atoms with Crippen LogP contribution in [0, 0.1) is 10.1 Å². The van der Waals surface area contributed by atoms with Crippen LogP contribution in [0.15, 0.2) is 34.7 Å². The van der Waals surface area contributed by atoms with Crippen molar-refractivity contribution in [2.75, 3.05) is 12.3 Å². The van der Waals surface area contributed by atoms with Crippen molar-refractivity contribution in [1.29, 1.82) is 0 Å². The lowest BCUT2D eigenvalue weighted by atomic mass is 9.98. The zero-order chi connectivity index (χ0) is 14.1. The van der Waals surface area contributed by atoms with Gasteiger partial charge in [0.05, 0.1) is 12.6 Å². The van der Waals surface area contributed by atoms with Crippen molar-refractivity contribution in [3.63, 3.8) is 0 Å². The van der Waals surface area contributed by atoms with Gasteiger partial charge in [-0.1, -0.05) is 12.1 Å². The fourth-order valence-electron chi connectivity index (χ4n) is 2.60. The number of anilines is 1. The minimum atomic E-state index is -0.518. The summed E-state index contributed by atoms with van der Waals surface area (Å²) in [6.07, 6.45) is 0.894. The lowest BCUT2D eigenvalue weighted by molar-refractivity contribution is -0.402. The molecule has 0 saturated carbocycles. The average Bonchev–Trinajstić information content (AvgIpc) is 2.88. The Balaban J connectivity index is 1.72. The molecule has 1 aromatic carbocycles. The van der Waals surface area contributed by atoms with E-state index in [1.807, 2.05) is 12.1 Å².